The van der Waals surface area contributed by atoms with Gasteiger partial charge < -0.3 is 14.8 Å². The summed E-state index contributed by atoms with van der Waals surface area (Å²) in [5, 5.41) is 2.83. The number of carbonyl (C=O) groups is 1. The third-order valence-electron chi connectivity index (χ3n) is 4.18. The molecule has 27 heavy (non-hydrogen) atoms. The van der Waals surface area contributed by atoms with E-state index >= 15 is 0 Å². The summed E-state index contributed by atoms with van der Waals surface area (Å²) in [6, 6.07) is 11.8. The van der Waals surface area contributed by atoms with Gasteiger partial charge >= 0.3 is 0 Å². The van der Waals surface area contributed by atoms with Crippen molar-refractivity contribution in [1.29, 1.82) is 0 Å². The molecule has 2 rings (SSSR count). The van der Waals surface area contributed by atoms with Crippen LogP contribution in [0, 0.1) is 0 Å². The van der Waals surface area contributed by atoms with Crippen molar-refractivity contribution >= 4 is 21.6 Å². The molecule has 1 amide bonds. The Labute approximate surface area is 160 Å². The highest BCUT2D eigenvalue weighted by Gasteiger charge is 2.16. The minimum absolute atomic E-state index is 0.0110. The maximum Gasteiger partial charge on any atom is 0.251 e. The highest BCUT2D eigenvalue weighted by molar-refractivity contribution is 7.92. The lowest BCUT2D eigenvalue weighted by Crippen LogP contribution is -2.28. The molecule has 8 heteroatoms. The maximum absolute atomic E-state index is 12.3. The molecule has 0 spiro atoms. The van der Waals surface area contributed by atoms with Crippen molar-refractivity contribution in [2.45, 2.75) is 13.5 Å². The number of sulfonamides is 1. The molecule has 0 heterocycles. The summed E-state index contributed by atoms with van der Waals surface area (Å²) >= 11 is 0. The summed E-state index contributed by atoms with van der Waals surface area (Å²) < 4.78 is 35.5. The number of anilines is 1. The van der Waals surface area contributed by atoms with Gasteiger partial charge in [0.1, 0.15) is 0 Å². The van der Waals surface area contributed by atoms with Gasteiger partial charge in [-0.2, -0.15) is 0 Å². The zero-order chi connectivity index (χ0) is 20.0. The molecule has 2 aromatic carbocycles. The van der Waals surface area contributed by atoms with Crippen molar-refractivity contribution in [3.05, 3.63) is 53.6 Å². The van der Waals surface area contributed by atoms with E-state index in [0.717, 1.165) is 5.56 Å². The van der Waals surface area contributed by atoms with Crippen LogP contribution in [0.4, 0.5) is 5.69 Å². The van der Waals surface area contributed by atoms with E-state index in [9.17, 15) is 13.2 Å². The van der Waals surface area contributed by atoms with Crippen LogP contribution >= 0.6 is 0 Å². The Morgan fingerprint density at radius 2 is 1.67 bits per heavy atom. The van der Waals surface area contributed by atoms with Gasteiger partial charge in [0.05, 0.1) is 25.7 Å². The van der Waals surface area contributed by atoms with Crippen LogP contribution in [0.1, 0.15) is 22.8 Å². The highest BCUT2D eigenvalue weighted by atomic mass is 32.2. The SMILES string of the molecule is CCS(=O)(=O)N(C)c1ccc(C(=O)NCc2ccc(OC)c(OC)c2)cc1. The second-order valence-corrected chi connectivity index (χ2v) is 8.08. The zero-order valence-corrected chi connectivity index (χ0v) is 16.7. The van der Waals surface area contributed by atoms with E-state index in [1.54, 1.807) is 57.5 Å². The number of methoxy groups -OCH3 is 2. The Morgan fingerprint density at radius 1 is 1.04 bits per heavy atom. The molecule has 0 aliphatic heterocycles. The van der Waals surface area contributed by atoms with Gasteiger partial charge in [0.15, 0.2) is 11.5 Å². The minimum atomic E-state index is -3.33. The number of hydrogen-bond donors (Lipinski definition) is 1. The van der Waals surface area contributed by atoms with Gasteiger partial charge in [0, 0.05) is 19.2 Å². The smallest absolute Gasteiger partial charge is 0.251 e. The first-order chi connectivity index (χ1) is 12.8. The average molecular weight is 392 g/mol. The lowest BCUT2D eigenvalue weighted by molar-refractivity contribution is 0.0951. The molecule has 2 aromatic rings. The predicted molar refractivity (Wildman–Crippen MR) is 105 cm³/mol. The molecule has 0 unspecified atom stereocenters. The largest absolute Gasteiger partial charge is 0.493 e. The highest BCUT2D eigenvalue weighted by Crippen LogP contribution is 2.27. The van der Waals surface area contributed by atoms with Crippen molar-refractivity contribution in [1.82, 2.24) is 5.32 Å². The normalized spacial score (nSPS) is 11.0. The Kier molecular flexibility index (Phi) is 6.68. The van der Waals surface area contributed by atoms with E-state index in [1.165, 1.54) is 11.4 Å². The van der Waals surface area contributed by atoms with Crippen LogP contribution in [0.2, 0.25) is 0 Å². The summed E-state index contributed by atoms with van der Waals surface area (Å²) in [5.74, 6) is 0.970. The molecule has 1 N–H and O–H groups in total. The fraction of sp³-hybridized carbons (Fsp3) is 0.316. The molecule has 0 radical (unpaired) electrons. The summed E-state index contributed by atoms with van der Waals surface area (Å²) in [6.07, 6.45) is 0. The molecule has 0 saturated carbocycles. The number of nitrogens with one attached hydrogen (secondary N) is 1. The first kappa shape index (κ1) is 20.6. The monoisotopic (exact) mass is 392 g/mol. The van der Waals surface area contributed by atoms with Crippen molar-refractivity contribution in [3.63, 3.8) is 0 Å². The van der Waals surface area contributed by atoms with E-state index in [0.29, 0.717) is 29.3 Å². The van der Waals surface area contributed by atoms with Crippen LogP contribution < -0.4 is 19.1 Å². The first-order valence-corrected chi connectivity index (χ1v) is 9.99. The number of nitrogens with zero attached hydrogens (tertiary/aromatic N) is 1. The second-order valence-electron chi connectivity index (χ2n) is 5.79. The maximum atomic E-state index is 12.3. The van der Waals surface area contributed by atoms with Gasteiger partial charge in [-0.05, 0) is 48.9 Å². The molecule has 0 aliphatic rings. The van der Waals surface area contributed by atoms with Crippen LogP contribution in [0.3, 0.4) is 0 Å². The van der Waals surface area contributed by atoms with Gasteiger partial charge in [0.2, 0.25) is 10.0 Å². The van der Waals surface area contributed by atoms with E-state index < -0.39 is 10.0 Å². The molecular weight excluding hydrogens is 368 g/mol. The van der Waals surface area contributed by atoms with Gasteiger partial charge in [-0.15, -0.1) is 0 Å². The van der Waals surface area contributed by atoms with E-state index in [2.05, 4.69) is 5.32 Å². The van der Waals surface area contributed by atoms with Gasteiger partial charge in [-0.25, -0.2) is 8.42 Å². The summed E-state index contributed by atoms with van der Waals surface area (Å²) in [5.41, 5.74) is 1.82. The molecule has 0 fully saturated rings. The van der Waals surface area contributed by atoms with Crippen molar-refractivity contribution in [2.75, 3.05) is 31.3 Å². The Hall–Kier alpha value is -2.74. The Bertz CT molecular complexity index is 895. The molecule has 0 saturated heterocycles. The molecule has 0 bridgehead atoms. The third-order valence-corrected chi connectivity index (χ3v) is 5.95. The molecule has 7 nitrogen and oxygen atoms in total. The topological polar surface area (TPSA) is 84.9 Å². The molecule has 146 valence electrons. The first-order valence-electron chi connectivity index (χ1n) is 8.38. The standard InChI is InChI=1S/C19H24N2O5S/c1-5-27(23,24)21(2)16-9-7-15(8-10-16)19(22)20-13-14-6-11-17(25-3)18(12-14)26-4/h6-12H,5,13H2,1-4H3,(H,20,22). The Morgan fingerprint density at radius 3 is 2.22 bits per heavy atom. The molecule has 0 aliphatic carbocycles. The number of benzene rings is 2. The molecular formula is C19H24N2O5S. The van der Waals surface area contributed by atoms with Crippen LogP contribution in [-0.2, 0) is 16.6 Å². The van der Waals surface area contributed by atoms with E-state index in [4.69, 9.17) is 9.47 Å². The van der Waals surface area contributed by atoms with Crippen LogP contribution in [0.25, 0.3) is 0 Å². The molecule has 0 aromatic heterocycles. The third kappa shape index (κ3) is 4.91. The van der Waals surface area contributed by atoms with Crippen LogP contribution in [-0.4, -0.2) is 41.3 Å². The summed E-state index contributed by atoms with van der Waals surface area (Å²) in [6.45, 7) is 1.91. The van der Waals surface area contributed by atoms with E-state index in [-0.39, 0.29) is 11.7 Å². The summed E-state index contributed by atoms with van der Waals surface area (Å²) in [4.78, 5) is 12.3. The van der Waals surface area contributed by atoms with Crippen molar-refractivity contribution < 1.29 is 22.7 Å². The number of carbonyl (C=O) groups excluding carboxylic acids is 1. The van der Waals surface area contributed by atoms with Crippen molar-refractivity contribution in [3.8, 4) is 11.5 Å². The number of ether oxygens (including phenoxy) is 2. The fourth-order valence-corrected chi connectivity index (χ4v) is 3.28. The lowest BCUT2D eigenvalue weighted by atomic mass is 10.1. The Balaban J connectivity index is 2.04. The minimum Gasteiger partial charge on any atom is -0.493 e. The quantitative estimate of drug-likeness (QED) is 0.746. The molecule has 0 atom stereocenters. The van der Waals surface area contributed by atoms with Crippen LogP contribution in [0.15, 0.2) is 42.5 Å². The second kappa shape index (κ2) is 8.77. The fourth-order valence-electron chi connectivity index (χ4n) is 2.45. The number of hydrogen-bond acceptors (Lipinski definition) is 5. The van der Waals surface area contributed by atoms with Crippen molar-refractivity contribution in [2.24, 2.45) is 0 Å². The number of amides is 1. The summed E-state index contributed by atoms with van der Waals surface area (Å²) in [7, 11) is 1.27. The van der Waals surface area contributed by atoms with Gasteiger partial charge in [-0.3, -0.25) is 9.10 Å². The zero-order valence-electron chi connectivity index (χ0n) is 15.9. The van der Waals surface area contributed by atoms with Gasteiger partial charge in [0.25, 0.3) is 5.91 Å². The lowest BCUT2D eigenvalue weighted by Gasteiger charge is -2.18. The van der Waals surface area contributed by atoms with Crippen LogP contribution in [0.5, 0.6) is 11.5 Å². The predicted octanol–water partition coefficient (Wildman–Crippen LogP) is 2.42. The van der Waals surface area contributed by atoms with E-state index in [1.807, 2.05) is 6.07 Å². The average Bonchev–Trinajstić information content (AvgIpc) is 2.71. The number of rotatable bonds is 8. The van der Waals surface area contributed by atoms with Gasteiger partial charge in [-0.1, -0.05) is 6.07 Å².